The van der Waals surface area contributed by atoms with Crippen LogP contribution in [-0.2, 0) is 11.2 Å². The lowest BCUT2D eigenvalue weighted by Crippen LogP contribution is -2.38. The average molecular weight is 316 g/mol. The molecule has 0 bridgehead atoms. The van der Waals surface area contributed by atoms with Gasteiger partial charge < -0.3 is 10.1 Å². The van der Waals surface area contributed by atoms with Crippen molar-refractivity contribution in [1.82, 2.24) is 15.3 Å². The van der Waals surface area contributed by atoms with Crippen LogP contribution in [0.25, 0.3) is 0 Å². The number of carbonyl (C=O) groups excluding carboxylic acids is 1. The molecule has 6 heteroatoms. The number of alkyl carbamates (subject to hydrolysis) is 1. The Morgan fingerprint density at radius 2 is 2.00 bits per heavy atom. The van der Waals surface area contributed by atoms with Crippen molar-refractivity contribution in [2.24, 2.45) is 0 Å². The Labute approximate surface area is 115 Å². The molecule has 18 heavy (non-hydrogen) atoms. The molecule has 0 aliphatic heterocycles. The summed E-state index contributed by atoms with van der Waals surface area (Å²) >= 11 is 3.27. The number of aromatic nitrogens is 2. The molecule has 0 saturated carbocycles. The van der Waals surface area contributed by atoms with Crippen molar-refractivity contribution >= 4 is 22.0 Å². The van der Waals surface area contributed by atoms with E-state index in [1.807, 2.05) is 27.7 Å². The van der Waals surface area contributed by atoms with E-state index in [-0.39, 0.29) is 6.04 Å². The van der Waals surface area contributed by atoms with Crippen molar-refractivity contribution in [3.05, 3.63) is 22.7 Å². The van der Waals surface area contributed by atoms with E-state index in [2.05, 4.69) is 31.2 Å². The maximum absolute atomic E-state index is 11.5. The summed E-state index contributed by atoms with van der Waals surface area (Å²) < 4.78 is 6.00. The highest BCUT2D eigenvalue weighted by Crippen LogP contribution is 2.08. The van der Waals surface area contributed by atoms with Gasteiger partial charge in [-0.3, -0.25) is 0 Å². The minimum atomic E-state index is -0.488. The molecule has 1 rings (SSSR count). The van der Waals surface area contributed by atoms with Crippen LogP contribution in [0.1, 0.15) is 33.5 Å². The molecule has 1 aromatic heterocycles. The van der Waals surface area contributed by atoms with Crippen LogP contribution in [0.2, 0.25) is 0 Å². The Bertz CT molecular complexity index is 401. The summed E-state index contributed by atoms with van der Waals surface area (Å²) in [6.45, 7) is 7.37. The fraction of sp³-hybridized carbons (Fsp3) is 0.583. The van der Waals surface area contributed by atoms with Gasteiger partial charge in [0.15, 0.2) is 0 Å². The first-order valence-electron chi connectivity index (χ1n) is 5.72. The Morgan fingerprint density at radius 1 is 1.44 bits per heavy atom. The zero-order valence-corrected chi connectivity index (χ0v) is 12.6. The second-order valence-corrected chi connectivity index (χ2v) is 5.98. The van der Waals surface area contributed by atoms with Crippen LogP contribution < -0.4 is 5.32 Å². The Hall–Kier alpha value is -1.17. The lowest BCUT2D eigenvalue weighted by atomic mass is 10.2. The summed E-state index contributed by atoms with van der Waals surface area (Å²) in [5, 5.41) is 2.75. The molecule has 5 nitrogen and oxygen atoms in total. The Kier molecular flexibility index (Phi) is 5.07. The monoisotopic (exact) mass is 315 g/mol. The minimum absolute atomic E-state index is 0.0824. The van der Waals surface area contributed by atoms with Crippen molar-refractivity contribution in [2.45, 2.75) is 45.8 Å². The van der Waals surface area contributed by atoms with E-state index in [4.69, 9.17) is 4.74 Å². The smallest absolute Gasteiger partial charge is 0.407 e. The molecule has 0 spiro atoms. The number of carbonyl (C=O) groups is 1. The molecule has 1 amide bonds. The van der Waals surface area contributed by atoms with Crippen LogP contribution in [0.4, 0.5) is 4.79 Å². The summed E-state index contributed by atoms with van der Waals surface area (Å²) in [6, 6.07) is -0.0824. The van der Waals surface area contributed by atoms with Gasteiger partial charge in [-0.15, -0.1) is 0 Å². The van der Waals surface area contributed by atoms with Crippen molar-refractivity contribution in [3.8, 4) is 0 Å². The largest absolute Gasteiger partial charge is 0.444 e. The normalized spacial score (nSPS) is 12.9. The molecule has 0 fully saturated rings. The predicted molar refractivity (Wildman–Crippen MR) is 72.3 cm³/mol. The first-order valence-corrected chi connectivity index (χ1v) is 6.51. The number of ether oxygens (including phenoxy) is 1. The van der Waals surface area contributed by atoms with Crippen LogP contribution in [0.15, 0.2) is 16.9 Å². The Morgan fingerprint density at radius 3 is 2.50 bits per heavy atom. The summed E-state index contributed by atoms with van der Waals surface area (Å²) in [5.41, 5.74) is -0.488. The molecule has 0 aliphatic carbocycles. The lowest BCUT2D eigenvalue weighted by molar-refractivity contribution is 0.0508. The van der Waals surface area contributed by atoms with Gasteiger partial charge in [-0.05, 0) is 43.6 Å². The van der Waals surface area contributed by atoms with E-state index in [0.29, 0.717) is 12.2 Å². The van der Waals surface area contributed by atoms with E-state index in [1.54, 1.807) is 12.4 Å². The van der Waals surface area contributed by atoms with Gasteiger partial charge in [-0.1, -0.05) is 0 Å². The average Bonchev–Trinajstić information content (AvgIpc) is 2.18. The lowest BCUT2D eigenvalue weighted by Gasteiger charge is -2.21. The van der Waals surface area contributed by atoms with Crippen LogP contribution >= 0.6 is 15.9 Å². The quantitative estimate of drug-likeness (QED) is 0.931. The van der Waals surface area contributed by atoms with E-state index in [0.717, 1.165) is 4.47 Å². The topological polar surface area (TPSA) is 64.1 Å². The fourth-order valence-electron chi connectivity index (χ4n) is 1.28. The predicted octanol–water partition coefficient (Wildman–Crippen LogP) is 2.69. The molecule has 1 unspecified atom stereocenters. The van der Waals surface area contributed by atoms with Crippen LogP contribution in [0.3, 0.4) is 0 Å². The highest BCUT2D eigenvalue weighted by molar-refractivity contribution is 9.10. The molecule has 1 heterocycles. The number of rotatable bonds is 3. The highest BCUT2D eigenvalue weighted by atomic mass is 79.9. The fourth-order valence-corrected chi connectivity index (χ4v) is 1.48. The molecular formula is C12H18BrN3O2. The van der Waals surface area contributed by atoms with Crippen molar-refractivity contribution in [1.29, 1.82) is 0 Å². The second-order valence-electron chi connectivity index (χ2n) is 5.07. The molecule has 0 radical (unpaired) electrons. The third-order valence-electron chi connectivity index (χ3n) is 1.93. The maximum atomic E-state index is 11.5. The SMILES string of the molecule is CC(Cc1ncc(Br)cn1)NC(=O)OC(C)(C)C. The number of halogens is 1. The summed E-state index contributed by atoms with van der Waals surface area (Å²) in [7, 11) is 0. The standard InChI is InChI=1S/C12H18BrN3O2/c1-8(16-11(17)18-12(2,3)4)5-10-14-6-9(13)7-15-10/h6-8H,5H2,1-4H3,(H,16,17). The van der Waals surface area contributed by atoms with Gasteiger partial charge in [-0.2, -0.15) is 0 Å². The molecule has 0 aliphatic rings. The van der Waals surface area contributed by atoms with Gasteiger partial charge in [-0.25, -0.2) is 14.8 Å². The van der Waals surface area contributed by atoms with Crippen LogP contribution in [0.5, 0.6) is 0 Å². The van der Waals surface area contributed by atoms with Gasteiger partial charge in [0.05, 0.1) is 4.47 Å². The summed E-state index contributed by atoms with van der Waals surface area (Å²) in [6.07, 6.45) is 3.50. The van der Waals surface area contributed by atoms with Crippen LogP contribution in [-0.4, -0.2) is 27.7 Å². The van der Waals surface area contributed by atoms with Crippen molar-refractivity contribution < 1.29 is 9.53 Å². The van der Waals surface area contributed by atoms with E-state index >= 15 is 0 Å². The number of nitrogens with one attached hydrogen (secondary N) is 1. The first-order chi connectivity index (χ1) is 8.26. The zero-order valence-electron chi connectivity index (χ0n) is 11.0. The molecule has 1 atom stereocenters. The minimum Gasteiger partial charge on any atom is -0.444 e. The molecule has 1 aromatic rings. The van der Waals surface area contributed by atoms with E-state index < -0.39 is 11.7 Å². The third kappa shape index (κ3) is 5.95. The number of nitrogens with zero attached hydrogens (tertiary/aromatic N) is 2. The molecule has 100 valence electrons. The third-order valence-corrected chi connectivity index (χ3v) is 2.34. The maximum Gasteiger partial charge on any atom is 0.407 e. The van der Waals surface area contributed by atoms with Gasteiger partial charge in [0.2, 0.25) is 0 Å². The molecule has 1 N–H and O–H groups in total. The molecule has 0 aromatic carbocycles. The van der Waals surface area contributed by atoms with Crippen molar-refractivity contribution in [3.63, 3.8) is 0 Å². The van der Waals surface area contributed by atoms with Gasteiger partial charge in [0.25, 0.3) is 0 Å². The number of hydrogen-bond donors (Lipinski definition) is 1. The second kappa shape index (κ2) is 6.13. The molecular weight excluding hydrogens is 298 g/mol. The highest BCUT2D eigenvalue weighted by Gasteiger charge is 2.18. The number of hydrogen-bond acceptors (Lipinski definition) is 4. The summed E-state index contributed by atoms with van der Waals surface area (Å²) in [4.78, 5) is 19.8. The zero-order chi connectivity index (χ0) is 13.8. The summed E-state index contributed by atoms with van der Waals surface area (Å²) in [5.74, 6) is 0.682. The van der Waals surface area contributed by atoms with Gasteiger partial charge in [0, 0.05) is 24.9 Å². The molecule has 0 saturated heterocycles. The van der Waals surface area contributed by atoms with Crippen molar-refractivity contribution in [2.75, 3.05) is 0 Å². The van der Waals surface area contributed by atoms with Crippen LogP contribution in [0, 0.1) is 0 Å². The van der Waals surface area contributed by atoms with Gasteiger partial charge >= 0.3 is 6.09 Å². The van der Waals surface area contributed by atoms with E-state index in [9.17, 15) is 4.79 Å². The van der Waals surface area contributed by atoms with Gasteiger partial charge in [0.1, 0.15) is 11.4 Å². The number of amides is 1. The first kappa shape index (κ1) is 14.9. The van der Waals surface area contributed by atoms with E-state index in [1.165, 1.54) is 0 Å². The Balaban J connectivity index is 2.44.